The highest BCUT2D eigenvalue weighted by Gasteiger charge is 2.30. The molecule has 2 N–H and O–H groups in total. The van der Waals surface area contributed by atoms with Crippen LogP contribution in [-0.2, 0) is 0 Å². The zero-order valence-corrected chi connectivity index (χ0v) is 6.00. The van der Waals surface area contributed by atoms with Crippen molar-refractivity contribution in [2.45, 2.75) is 29.9 Å². The maximum Gasteiger partial charge on any atom is 0.0691 e. The Kier molecular flexibility index (Phi) is 1.90. The molecule has 0 radical (unpaired) electrons. The van der Waals surface area contributed by atoms with Crippen LogP contribution in [0.3, 0.4) is 0 Å². The molecule has 0 saturated heterocycles. The van der Waals surface area contributed by atoms with Crippen molar-refractivity contribution in [1.29, 1.82) is 0 Å². The minimum Gasteiger partial charge on any atom is -0.392 e. The molecule has 2 atom stereocenters. The minimum absolute atomic E-state index is 0.0949. The average Bonchev–Trinajstić information content (AvgIpc) is 1.98. The van der Waals surface area contributed by atoms with E-state index in [1.165, 1.54) is 0 Å². The molecule has 0 bridgehead atoms. The van der Waals surface area contributed by atoms with Gasteiger partial charge in [-0.2, -0.15) is 0 Å². The van der Waals surface area contributed by atoms with Gasteiger partial charge >= 0.3 is 0 Å². The van der Waals surface area contributed by atoms with Crippen LogP contribution in [0.1, 0.15) is 12.8 Å². The largest absolute Gasteiger partial charge is 0.392 e. The fourth-order valence-electron chi connectivity index (χ4n) is 0.916. The lowest BCUT2D eigenvalue weighted by Crippen LogP contribution is -2.21. The van der Waals surface area contributed by atoms with E-state index in [2.05, 4.69) is 15.9 Å². The quantitative estimate of drug-likeness (QED) is 0.526. The van der Waals surface area contributed by atoms with Crippen LogP contribution in [-0.4, -0.2) is 27.2 Å². The summed E-state index contributed by atoms with van der Waals surface area (Å²) in [7, 11) is 0. The molecule has 0 aromatic carbocycles. The smallest absolute Gasteiger partial charge is 0.0691 e. The van der Waals surface area contributed by atoms with Crippen LogP contribution in [0.15, 0.2) is 0 Å². The summed E-state index contributed by atoms with van der Waals surface area (Å²) in [6.07, 6.45) is 0.753. The van der Waals surface area contributed by atoms with Gasteiger partial charge in [-0.05, 0) is 12.8 Å². The van der Waals surface area contributed by atoms with Crippen molar-refractivity contribution in [2.75, 3.05) is 0 Å². The van der Waals surface area contributed by atoms with E-state index in [1.54, 1.807) is 0 Å². The number of aliphatic hydroxyl groups excluding tert-OH is 2. The number of hydrogen-bond donors (Lipinski definition) is 2. The minimum atomic E-state index is -0.343. The first kappa shape index (κ1) is 6.52. The summed E-state index contributed by atoms with van der Waals surface area (Å²) in [5.74, 6) is 0. The first-order valence-corrected chi connectivity index (χ1v) is 3.63. The predicted octanol–water partition coefficient (Wildman–Crippen LogP) is 0.266. The highest BCUT2D eigenvalue weighted by Crippen LogP contribution is 2.25. The van der Waals surface area contributed by atoms with Crippen molar-refractivity contribution in [2.24, 2.45) is 0 Å². The van der Waals surface area contributed by atoms with E-state index in [1.807, 2.05) is 0 Å². The molecule has 48 valence electrons. The highest BCUT2D eigenvalue weighted by molar-refractivity contribution is 9.09. The van der Waals surface area contributed by atoms with Crippen molar-refractivity contribution < 1.29 is 10.2 Å². The summed E-state index contributed by atoms with van der Waals surface area (Å²) in [5.41, 5.74) is 0. The summed E-state index contributed by atoms with van der Waals surface area (Å²) in [6.45, 7) is 0. The Balaban J connectivity index is 2.44. The van der Waals surface area contributed by atoms with Gasteiger partial charge in [-0.1, -0.05) is 15.9 Å². The third kappa shape index (κ3) is 1.04. The number of aliphatic hydroxyl groups is 2. The Hall–Kier alpha value is 0.400. The van der Waals surface area contributed by atoms with Crippen LogP contribution in [0.4, 0.5) is 0 Å². The molecule has 1 saturated carbocycles. The lowest BCUT2D eigenvalue weighted by molar-refractivity contribution is 0.148. The molecule has 1 rings (SSSR count). The number of rotatable bonds is 0. The van der Waals surface area contributed by atoms with E-state index >= 15 is 0 Å². The molecule has 0 aromatic rings. The molecule has 0 spiro atoms. The summed E-state index contributed by atoms with van der Waals surface area (Å²) in [4.78, 5) is -0.0949. The van der Waals surface area contributed by atoms with Gasteiger partial charge in [0.15, 0.2) is 0 Å². The normalized spacial score (nSPS) is 47.6. The molecule has 3 heteroatoms. The lowest BCUT2D eigenvalue weighted by atomic mass is 10.3. The standard InChI is InChI=1S/C5H9BrO2/c6-5-3(7)1-2-4(5)8/h3-5,7-8H,1-2H2. The molecule has 1 fully saturated rings. The Bertz CT molecular complexity index is 76.5. The second-order valence-corrected chi connectivity index (χ2v) is 3.21. The van der Waals surface area contributed by atoms with E-state index in [-0.39, 0.29) is 17.0 Å². The maximum absolute atomic E-state index is 8.96. The van der Waals surface area contributed by atoms with Gasteiger partial charge in [0.2, 0.25) is 0 Å². The Morgan fingerprint density at radius 1 is 1.12 bits per heavy atom. The third-order valence-electron chi connectivity index (χ3n) is 1.49. The van der Waals surface area contributed by atoms with Crippen molar-refractivity contribution >= 4 is 15.9 Å². The zero-order valence-electron chi connectivity index (χ0n) is 4.42. The van der Waals surface area contributed by atoms with Gasteiger partial charge in [0.1, 0.15) is 0 Å². The number of hydrogen-bond acceptors (Lipinski definition) is 2. The Labute approximate surface area is 56.6 Å². The van der Waals surface area contributed by atoms with Gasteiger partial charge in [0.25, 0.3) is 0 Å². The maximum atomic E-state index is 8.96. The molecule has 0 aliphatic heterocycles. The Morgan fingerprint density at radius 3 is 1.62 bits per heavy atom. The fourth-order valence-corrected chi connectivity index (χ4v) is 1.45. The number of alkyl halides is 1. The third-order valence-corrected chi connectivity index (χ3v) is 2.71. The van der Waals surface area contributed by atoms with Crippen LogP contribution in [0, 0.1) is 0 Å². The predicted molar refractivity (Wildman–Crippen MR) is 34.0 cm³/mol. The second-order valence-electron chi connectivity index (χ2n) is 2.16. The first-order chi connectivity index (χ1) is 3.72. The molecule has 1 aliphatic carbocycles. The molecule has 0 aromatic heterocycles. The fraction of sp³-hybridized carbons (Fsp3) is 1.00. The van der Waals surface area contributed by atoms with E-state index < -0.39 is 0 Å². The summed E-state index contributed by atoms with van der Waals surface area (Å²) in [6, 6.07) is 0. The monoisotopic (exact) mass is 180 g/mol. The van der Waals surface area contributed by atoms with Crippen molar-refractivity contribution in [3.63, 3.8) is 0 Å². The SMILES string of the molecule is OC1CCC(O)C1Br. The van der Waals surface area contributed by atoms with Gasteiger partial charge in [-0.3, -0.25) is 0 Å². The molecular formula is C5H9BrO2. The molecule has 0 amide bonds. The topological polar surface area (TPSA) is 40.5 Å². The van der Waals surface area contributed by atoms with Gasteiger partial charge < -0.3 is 10.2 Å². The van der Waals surface area contributed by atoms with Crippen LogP contribution >= 0.6 is 15.9 Å². The summed E-state index contributed by atoms with van der Waals surface area (Å²) in [5, 5.41) is 17.9. The average molecular weight is 181 g/mol. The number of halogens is 1. The summed E-state index contributed by atoms with van der Waals surface area (Å²) < 4.78 is 0. The van der Waals surface area contributed by atoms with Crippen molar-refractivity contribution in [3.8, 4) is 0 Å². The van der Waals surface area contributed by atoms with Crippen LogP contribution < -0.4 is 0 Å². The molecule has 2 nitrogen and oxygen atoms in total. The van der Waals surface area contributed by atoms with Crippen LogP contribution in [0.2, 0.25) is 0 Å². The van der Waals surface area contributed by atoms with Crippen molar-refractivity contribution in [1.82, 2.24) is 0 Å². The van der Waals surface area contributed by atoms with Crippen molar-refractivity contribution in [3.05, 3.63) is 0 Å². The van der Waals surface area contributed by atoms with Gasteiger partial charge in [0.05, 0.1) is 17.0 Å². The van der Waals surface area contributed by atoms with Crippen LogP contribution in [0.5, 0.6) is 0 Å². The van der Waals surface area contributed by atoms with Gasteiger partial charge in [-0.15, -0.1) is 0 Å². The molecule has 2 unspecified atom stereocenters. The van der Waals surface area contributed by atoms with E-state index in [9.17, 15) is 0 Å². The Morgan fingerprint density at radius 2 is 1.50 bits per heavy atom. The molecule has 1 aliphatic rings. The van der Waals surface area contributed by atoms with Gasteiger partial charge in [0, 0.05) is 0 Å². The molecule has 8 heavy (non-hydrogen) atoms. The van der Waals surface area contributed by atoms with E-state index in [0.717, 1.165) is 12.8 Å². The molecule has 0 heterocycles. The van der Waals surface area contributed by atoms with Gasteiger partial charge in [-0.25, -0.2) is 0 Å². The van der Waals surface area contributed by atoms with E-state index in [0.29, 0.717) is 0 Å². The zero-order chi connectivity index (χ0) is 6.15. The van der Waals surface area contributed by atoms with Crippen LogP contribution in [0.25, 0.3) is 0 Å². The van der Waals surface area contributed by atoms with E-state index in [4.69, 9.17) is 10.2 Å². The second kappa shape index (κ2) is 2.33. The molecular weight excluding hydrogens is 172 g/mol. The summed E-state index contributed by atoms with van der Waals surface area (Å²) >= 11 is 3.17. The lowest BCUT2D eigenvalue weighted by Gasteiger charge is -2.07. The highest BCUT2D eigenvalue weighted by atomic mass is 79.9. The first-order valence-electron chi connectivity index (χ1n) is 2.72.